The number of pyridine rings is 1. The summed E-state index contributed by atoms with van der Waals surface area (Å²) in [6.07, 6.45) is 4.11. The Morgan fingerprint density at radius 2 is 2.47 bits per heavy atom. The fourth-order valence-electron chi connectivity index (χ4n) is 2.36. The summed E-state index contributed by atoms with van der Waals surface area (Å²) in [6, 6.07) is 4.36. The van der Waals surface area contributed by atoms with Crippen LogP contribution >= 0.6 is 0 Å². The topological polar surface area (TPSA) is 45.2 Å². The predicted octanol–water partition coefficient (Wildman–Crippen LogP) is 1.60. The zero-order chi connectivity index (χ0) is 12.3. The third-order valence-electron chi connectivity index (χ3n) is 3.26. The van der Waals surface area contributed by atoms with E-state index in [1.807, 2.05) is 19.1 Å². The second-order valence-corrected chi connectivity index (χ2v) is 4.47. The highest BCUT2D eigenvalue weighted by atomic mass is 16.1. The van der Waals surface area contributed by atoms with Crippen LogP contribution < -0.4 is 5.32 Å². The molecule has 1 aliphatic rings. The predicted molar refractivity (Wildman–Crippen MR) is 66.8 cm³/mol. The van der Waals surface area contributed by atoms with Crippen molar-refractivity contribution in [2.24, 2.45) is 0 Å². The van der Waals surface area contributed by atoms with Gasteiger partial charge in [-0.05, 0) is 51.1 Å². The first-order chi connectivity index (χ1) is 8.22. The minimum Gasteiger partial charge on any atom is -0.351 e. The lowest BCUT2D eigenvalue weighted by Gasteiger charge is -2.19. The van der Waals surface area contributed by atoms with Crippen molar-refractivity contribution in [3.05, 3.63) is 29.6 Å². The van der Waals surface area contributed by atoms with Crippen LogP contribution in [0.25, 0.3) is 0 Å². The number of likely N-dealkylation sites (tertiary alicyclic amines) is 1. The van der Waals surface area contributed by atoms with Gasteiger partial charge in [0.05, 0.1) is 0 Å². The lowest BCUT2D eigenvalue weighted by atomic mass is 10.1. The van der Waals surface area contributed by atoms with Crippen molar-refractivity contribution in [3.8, 4) is 0 Å². The first kappa shape index (κ1) is 12.0. The van der Waals surface area contributed by atoms with Gasteiger partial charge in [-0.1, -0.05) is 0 Å². The van der Waals surface area contributed by atoms with Crippen molar-refractivity contribution in [3.63, 3.8) is 0 Å². The van der Waals surface area contributed by atoms with Gasteiger partial charge in [-0.25, -0.2) is 0 Å². The smallest absolute Gasteiger partial charge is 0.269 e. The van der Waals surface area contributed by atoms with E-state index in [0.29, 0.717) is 18.3 Å². The van der Waals surface area contributed by atoms with Gasteiger partial charge >= 0.3 is 0 Å². The maximum Gasteiger partial charge on any atom is 0.269 e. The van der Waals surface area contributed by atoms with Crippen molar-refractivity contribution in [1.29, 1.82) is 0 Å². The molecule has 1 unspecified atom stereocenters. The SMILES string of the molecule is CCNC(=O)c1cc(C2CCCN2C)ccn1. The summed E-state index contributed by atoms with van der Waals surface area (Å²) in [7, 11) is 2.13. The maximum absolute atomic E-state index is 11.7. The van der Waals surface area contributed by atoms with Gasteiger partial charge in [-0.15, -0.1) is 0 Å². The summed E-state index contributed by atoms with van der Waals surface area (Å²) >= 11 is 0. The van der Waals surface area contributed by atoms with Gasteiger partial charge in [-0.3, -0.25) is 14.7 Å². The third-order valence-corrected chi connectivity index (χ3v) is 3.26. The number of rotatable bonds is 3. The molecule has 4 nitrogen and oxygen atoms in total. The summed E-state index contributed by atoms with van der Waals surface area (Å²) in [6.45, 7) is 3.67. The third kappa shape index (κ3) is 2.64. The molecule has 1 aliphatic heterocycles. The van der Waals surface area contributed by atoms with Crippen LogP contribution in [0.2, 0.25) is 0 Å². The van der Waals surface area contributed by atoms with Crippen LogP contribution in [-0.4, -0.2) is 35.9 Å². The van der Waals surface area contributed by atoms with Crippen molar-refractivity contribution in [1.82, 2.24) is 15.2 Å². The Bertz CT molecular complexity index is 405. The molecule has 2 heterocycles. The van der Waals surface area contributed by atoms with Crippen molar-refractivity contribution in [2.75, 3.05) is 20.1 Å². The highest BCUT2D eigenvalue weighted by Crippen LogP contribution is 2.30. The Balaban J connectivity index is 2.19. The summed E-state index contributed by atoms with van der Waals surface area (Å²) < 4.78 is 0. The van der Waals surface area contributed by atoms with E-state index in [2.05, 4.69) is 22.2 Å². The van der Waals surface area contributed by atoms with Gasteiger partial charge < -0.3 is 5.32 Å². The van der Waals surface area contributed by atoms with E-state index < -0.39 is 0 Å². The fraction of sp³-hybridized carbons (Fsp3) is 0.538. The molecular weight excluding hydrogens is 214 g/mol. The molecule has 4 heteroatoms. The van der Waals surface area contributed by atoms with Crippen molar-refractivity contribution in [2.45, 2.75) is 25.8 Å². The van der Waals surface area contributed by atoms with E-state index in [0.717, 1.165) is 13.0 Å². The second-order valence-electron chi connectivity index (χ2n) is 4.47. The number of nitrogens with zero attached hydrogens (tertiary/aromatic N) is 2. The van der Waals surface area contributed by atoms with E-state index >= 15 is 0 Å². The van der Waals surface area contributed by atoms with E-state index in [9.17, 15) is 4.79 Å². The zero-order valence-electron chi connectivity index (χ0n) is 10.4. The van der Waals surface area contributed by atoms with Gasteiger partial charge in [-0.2, -0.15) is 0 Å². The summed E-state index contributed by atoms with van der Waals surface area (Å²) in [5, 5.41) is 2.78. The Morgan fingerprint density at radius 1 is 1.65 bits per heavy atom. The summed E-state index contributed by atoms with van der Waals surface area (Å²) in [5.41, 5.74) is 1.71. The average Bonchev–Trinajstić information content (AvgIpc) is 2.76. The zero-order valence-corrected chi connectivity index (χ0v) is 10.4. The number of hydrogen-bond donors (Lipinski definition) is 1. The molecular formula is C13H19N3O. The normalized spacial score (nSPS) is 20.5. The van der Waals surface area contributed by atoms with Crippen LogP contribution in [-0.2, 0) is 0 Å². The molecule has 1 fully saturated rings. The first-order valence-corrected chi connectivity index (χ1v) is 6.16. The van der Waals surface area contributed by atoms with Crippen molar-refractivity contribution < 1.29 is 4.79 Å². The Labute approximate surface area is 102 Å². The molecule has 0 radical (unpaired) electrons. The minimum absolute atomic E-state index is 0.0880. The van der Waals surface area contributed by atoms with Crippen LogP contribution in [0.15, 0.2) is 18.3 Å². The molecule has 0 bridgehead atoms. The first-order valence-electron chi connectivity index (χ1n) is 6.16. The Morgan fingerprint density at radius 3 is 3.12 bits per heavy atom. The molecule has 1 amide bonds. The number of aromatic nitrogens is 1. The largest absolute Gasteiger partial charge is 0.351 e. The maximum atomic E-state index is 11.7. The highest BCUT2D eigenvalue weighted by Gasteiger charge is 2.23. The monoisotopic (exact) mass is 233 g/mol. The molecule has 1 aromatic rings. The number of carbonyl (C=O) groups is 1. The number of hydrogen-bond acceptors (Lipinski definition) is 3. The van der Waals surface area contributed by atoms with E-state index in [1.54, 1.807) is 6.20 Å². The molecule has 1 saturated heterocycles. The standard InChI is InChI=1S/C13H19N3O/c1-3-14-13(17)11-9-10(6-7-15-11)12-5-4-8-16(12)2/h6-7,9,12H,3-5,8H2,1-2H3,(H,14,17). The molecule has 1 atom stereocenters. The van der Waals surface area contributed by atoms with Gasteiger partial charge in [0.25, 0.3) is 5.91 Å². The minimum atomic E-state index is -0.0880. The lowest BCUT2D eigenvalue weighted by molar-refractivity contribution is 0.0950. The average molecular weight is 233 g/mol. The quantitative estimate of drug-likeness (QED) is 0.862. The van der Waals surface area contributed by atoms with Gasteiger partial charge in [0, 0.05) is 18.8 Å². The second kappa shape index (κ2) is 5.27. The summed E-state index contributed by atoms with van der Waals surface area (Å²) in [4.78, 5) is 18.2. The Kier molecular flexibility index (Phi) is 3.74. The number of carbonyl (C=O) groups excluding carboxylic acids is 1. The Hall–Kier alpha value is -1.42. The van der Waals surface area contributed by atoms with Crippen LogP contribution in [0.3, 0.4) is 0 Å². The molecule has 1 N–H and O–H groups in total. The van der Waals surface area contributed by atoms with Gasteiger partial charge in [0.2, 0.25) is 0 Å². The van der Waals surface area contributed by atoms with Crippen LogP contribution in [0, 0.1) is 0 Å². The number of nitrogens with one attached hydrogen (secondary N) is 1. The van der Waals surface area contributed by atoms with E-state index in [-0.39, 0.29) is 5.91 Å². The molecule has 0 spiro atoms. The molecule has 2 rings (SSSR count). The van der Waals surface area contributed by atoms with Crippen LogP contribution in [0.4, 0.5) is 0 Å². The lowest BCUT2D eigenvalue weighted by Crippen LogP contribution is -2.24. The molecule has 1 aromatic heterocycles. The van der Waals surface area contributed by atoms with E-state index in [1.165, 1.54) is 12.0 Å². The van der Waals surface area contributed by atoms with Crippen molar-refractivity contribution >= 4 is 5.91 Å². The van der Waals surface area contributed by atoms with Crippen LogP contribution in [0.5, 0.6) is 0 Å². The molecule has 0 aliphatic carbocycles. The molecule has 17 heavy (non-hydrogen) atoms. The molecule has 0 saturated carbocycles. The fourth-order valence-corrected chi connectivity index (χ4v) is 2.36. The van der Waals surface area contributed by atoms with Gasteiger partial charge in [0.1, 0.15) is 5.69 Å². The summed E-state index contributed by atoms with van der Waals surface area (Å²) in [5.74, 6) is -0.0880. The van der Waals surface area contributed by atoms with Gasteiger partial charge in [0.15, 0.2) is 0 Å². The molecule has 0 aromatic carbocycles. The van der Waals surface area contributed by atoms with E-state index in [4.69, 9.17) is 0 Å². The van der Waals surface area contributed by atoms with Crippen LogP contribution in [0.1, 0.15) is 41.9 Å². The highest BCUT2D eigenvalue weighted by molar-refractivity contribution is 5.92. The number of amides is 1. The molecule has 92 valence electrons.